The molecule has 1 aromatic carbocycles. The summed E-state index contributed by atoms with van der Waals surface area (Å²) in [5.41, 5.74) is 4.57. The second kappa shape index (κ2) is 6.63. The topological polar surface area (TPSA) is 67.2 Å². The van der Waals surface area contributed by atoms with Crippen molar-refractivity contribution in [3.8, 4) is 0 Å². The van der Waals surface area contributed by atoms with Crippen LogP contribution in [0.5, 0.6) is 0 Å². The van der Waals surface area contributed by atoms with E-state index < -0.39 is 0 Å². The zero-order chi connectivity index (χ0) is 11.8. The first-order valence-electron chi connectivity index (χ1n) is 5.20. The summed E-state index contributed by atoms with van der Waals surface area (Å²) in [4.78, 5) is 10.6. The summed E-state index contributed by atoms with van der Waals surface area (Å²) in [5.74, 6) is 5.27. The van der Waals surface area contributed by atoms with Crippen LogP contribution >= 0.6 is 0 Å². The molecule has 0 bridgehead atoms. The summed E-state index contributed by atoms with van der Waals surface area (Å²) >= 11 is 0. The largest absolute Gasteiger partial charge is 0.356 e. The SMILES string of the molecule is CC(=O)NCCC=Cc1ccc(NN)cc1. The maximum Gasteiger partial charge on any atom is 0.216 e. The molecule has 0 radical (unpaired) electrons. The van der Waals surface area contributed by atoms with Gasteiger partial charge in [-0.25, -0.2) is 0 Å². The van der Waals surface area contributed by atoms with Crippen LogP contribution < -0.4 is 16.6 Å². The molecule has 0 aliphatic heterocycles. The Morgan fingerprint density at radius 2 is 2.06 bits per heavy atom. The van der Waals surface area contributed by atoms with Crippen molar-refractivity contribution in [2.75, 3.05) is 12.0 Å². The Morgan fingerprint density at radius 3 is 2.62 bits per heavy atom. The molecule has 0 heterocycles. The van der Waals surface area contributed by atoms with E-state index in [0.717, 1.165) is 17.7 Å². The number of carbonyl (C=O) groups excluding carboxylic acids is 1. The van der Waals surface area contributed by atoms with Gasteiger partial charge in [-0.15, -0.1) is 0 Å². The molecule has 0 spiro atoms. The summed E-state index contributed by atoms with van der Waals surface area (Å²) in [5, 5.41) is 2.73. The van der Waals surface area contributed by atoms with Crippen molar-refractivity contribution in [1.82, 2.24) is 5.32 Å². The van der Waals surface area contributed by atoms with Gasteiger partial charge in [-0.1, -0.05) is 24.3 Å². The van der Waals surface area contributed by atoms with Gasteiger partial charge in [0.2, 0.25) is 5.91 Å². The highest BCUT2D eigenvalue weighted by Gasteiger charge is 1.89. The Kier molecular flexibility index (Phi) is 5.08. The third-order valence-corrected chi connectivity index (χ3v) is 2.07. The summed E-state index contributed by atoms with van der Waals surface area (Å²) in [6, 6.07) is 7.77. The van der Waals surface area contributed by atoms with Gasteiger partial charge in [0.15, 0.2) is 0 Å². The lowest BCUT2D eigenvalue weighted by Crippen LogP contribution is -2.20. The van der Waals surface area contributed by atoms with E-state index >= 15 is 0 Å². The van der Waals surface area contributed by atoms with Crippen molar-refractivity contribution >= 4 is 17.7 Å². The highest BCUT2D eigenvalue weighted by Crippen LogP contribution is 2.09. The Bertz CT molecular complexity index is 357. The van der Waals surface area contributed by atoms with Gasteiger partial charge in [-0.2, -0.15) is 0 Å². The summed E-state index contributed by atoms with van der Waals surface area (Å²) < 4.78 is 0. The molecule has 0 atom stereocenters. The van der Waals surface area contributed by atoms with Crippen molar-refractivity contribution in [2.24, 2.45) is 5.84 Å². The molecule has 4 heteroatoms. The normalized spacial score (nSPS) is 10.4. The van der Waals surface area contributed by atoms with Crippen LogP contribution in [0.25, 0.3) is 6.08 Å². The Morgan fingerprint density at radius 1 is 1.38 bits per heavy atom. The fraction of sp³-hybridized carbons (Fsp3) is 0.250. The van der Waals surface area contributed by atoms with E-state index in [-0.39, 0.29) is 5.91 Å². The van der Waals surface area contributed by atoms with Crippen LogP contribution in [0.3, 0.4) is 0 Å². The molecule has 16 heavy (non-hydrogen) atoms. The van der Waals surface area contributed by atoms with Crippen molar-refractivity contribution in [3.05, 3.63) is 35.9 Å². The predicted octanol–water partition coefficient (Wildman–Crippen LogP) is 1.51. The lowest BCUT2D eigenvalue weighted by molar-refractivity contribution is -0.118. The predicted molar refractivity (Wildman–Crippen MR) is 66.6 cm³/mol. The van der Waals surface area contributed by atoms with E-state index in [1.54, 1.807) is 0 Å². The van der Waals surface area contributed by atoms with E-state index in [9.17, 15) is 4.79 Å². The van der Waals surface area contributed by atoms with Crippen molar-refractivity contribution < 1.29 is 4.79 Å². The number of rotatable bonds is 5. The van der Waals surface area contributed by atoms with Gasteiger partial charge < -0.3 is 10.7 Å². The van der Waals surface area contributed by atoms with Crippen LogP contribution in [0, 0.1) is 0 Å². The maximum atomic E-state index is 10.6. The van der Waals surface area contributed by atoms with Gasteiger partial charge in [0.25, 0.3) is 0 Å². The van der Waals surface area contributed by atoms with Crippen molar-refractivity contribution in [2.45, 2.75) is 13.3 Å². The fourth-order valence-corrected chi connectivity index (χ4v) is 1.24. The van der Waals surface area contributed by atoms with Crippen LogP contribution in [-0.2, 0) is 4.79 Å². The van der Waals surface area contributed by atoms with Gasteiger partial charge in [0.1, 0.15) is 0 Å². The van der Waals surface area contributed by atoms with Gasteiger partial charge in [-0.05, 0) is 24.1 Å². The molecule has 0 aromatic heterocycles. The standard InChI is InChI=1S/C12H17N3O/c1-10(16)14-9-3-2-4-11-5-7-12(15-13)8-6-11/h2,4-8,15H,3,9,13H2,1H3,(H,14,16). The first-order chi connectivity index (χ1) is 7.72. The first-order valence-corrected chi connectivity index (χ1v) is 5.20. The lowest BCUT2D eigenvalue weighted by Gasteiger charge is -1.99. The monoisotopic (exact) mass is 219 g/mol. The number of anilines is 1. The highest BCUT2D eigenvalue weighted by atomic mass is 16.1. The minimum absolute atomic E-state index is 0.00627. The van der Waals surface area contributed by atoms with Crippen LogP contribution in [0.15, 0.2) is 30.3 Å². The van der Waals surface area contributed by atoms with Crippen LogP contribution in [0.1, 0.15) is 18.9 Å². The number of nitrogens with one attached hydrogen (secondary N) is 2. The zero-order valence-electron chi connectivity index (χ0n) is 9.36. The maximum absolute atomic E-state index is 10.6. The molecule has 0 unspecified atom stereocenters. The summed E-state index contributed by atoms with van der Waals surface area (Å²) in [6.07, 6.45) is 4.87. The summed E-state index contributed by atoms with van der Waals surface area (Å²) in [7, 11) is 0. The smallest absolute Gasteiger partial charge is 0.216 e. The van der Waals surface area contributed by atoms with Crippen LogP contribution in [-0.4, -0.2) is 12.5 Å². The number of nitrogens with two attached hydrogens (primary N) is 1. The molecule has 0 saturated carbocycles. The molecule has 0 fully saturated rings. The number of carbonyl (C=O) groups is 1. The molecule has 86 valence electrons. The number of benzene rings is 1. The fourth-order valence-electron chi connectivity index (χ4n) is 1.24. The Hall–Kier alpha value is -1.81. The van der Waals surface area contributed by atoms with E-state index in [1.807, 2.05) is 36.4 Å². The van der Waals surface area contributed by atoms with E-state index in [4.69, 9.17) is 5.84 Å². The number of hydrogen-bond donors (Lipinski definition) is 3. The lowest BCUT2D eigenvalue weighted by atomic mass is 10.2. The van der Waals surface area contributed by atoms with E-state index in [0.29, 0.717) is 6.54 Å². The number of nitrogen functional groups attached to an aromatic ring is 1. The van der Waals surface area contributed by atoms with E-state index in [2.05, 4.69) is 10.7 Å². The van der Waals surface area contributed by atoms with Crippen molar-refractivity contribution in [3.63, 3.8) is 0 Å². The Balaban J connectivity index is 2.35. The van der Waals surface area contributed by atoms with Gasteiger partial charge in [-0.3, -0.25) is 10.6 Å². The average Bonchev–Trinajstić information content (AvgIpc) is 2.29. The zero-order valence-corrected chi connectivity index (χ0v) is 9.36. The molecule has 1 rings (SSSR count). The molecular formula is C12H17N3O. The number of amides is 1. The Labute approximate surface area is 95.5 Å². The van der Waals surface area contributed by atoms with E-state index in [1.165, 1.54) is 6.92 Å². The first kappa shape index (κ1) is 12.3. The molecule has 4 nitrogen and oxygen atoms in total. The quantitative estimate of drug-likeness (QED) is 0.399. The third kappa shape index (κ3) is 4.61. The van der Waals surface area contributed by atoms with Crippen LogP contribution in [0.4, 0.5) is 5.69 Å². The van der Waals surface area contributed by atoms with Crippen LogP contribution in [0.2, 0.25) is 0 Å². The second-order valence-electron chi connectivity index (χ2n) is 3.44. The molecule has 1 amide bonds. The molecule has 0 aliphatic rings. The molecule has 1 aromatic rings. The molecule has 0 aliphatic carbocycles. The van der Waals surface area contributed by atoms with Crippen molar-refractivity contribution in [1.29, 1.82) is 0 Å². The van der Waals surface area contributed by atoms with Gasteiger partial charge in [0.05, 0.1) is 0 Å². The van der Waals surface area contributed by atoms with Gasteiger partial charge >= 0.3 is 0 Å². The second-order valence-corrected chi connectivity index (χ2v) is 3.44. The van der Waals surface area contributed by atoms with Gasteiger partial charge in [0, 0.05) is 19.2 Å². The average molecular weight is 219 g/mol. The molecule has 4 N–H and O–H groups in total. The minimum atomic E-state index is 0.00627. The molecular weight excluding hydrogens is 202 g/mol. The molecule has 0 saturated heterocycles. The summed E-state index contributed by atoms with van der Waals surface area (Å²) in [6.45, 7) is 2.19. The minimum Gasteiger partial charge on any atom is -0.356 e. The third-order valence-electron chi connectivity index (χ3n) is 2.07. The highest BCUT2D eigenvalue weighted by molar-refractivity contribution is 5.72. The number of hydrogen-bond acceptors (Lipinski definition) is 3. The number of hydrazine groups is 1.